The molecule has 2 aromatic heterocycles. The highest BCUT2D eigenvalue weighted by Gasteiger charge is 1.98. The molecule has 0 aliphatic rings. The molecule has 0 atom stereocenters. The minimum Gasteiger partial charge on any atom is -0.219 e. The molecule has 0 fully saturated rings. The lowest BCUT2D eigenvalue weighted by Gasteiger charge is -1.85. The maximum Gasteiger partial charge on any atom is 0.177 e. The third-order valence-electron chi connectivity index (χ3n) is 1.56. The Morgan fingerprint density at radius 1 is 1.55 bits per heavy atom. The van der Waals surface area contributed by atoms with Gasteiger partial charge in [-0.1, -0.05) is 6.92 Å². The Labute approximate surface area is 63.9 Å². The standard InChI is InChI=1S/C7H8N4/c1-2-6-5-7-9-8-3-4-11(7)10-6/h3-5H,2H2,1H3. The van der Waals surface area contributed by atoms with Crippen LogP contribution in [0.15, 0.2) is 18.5 Å². The summed E-state index contributed by atoms with van der Waals surface area (Å²) in [5, 5.41) is 11.9. The van der Waals surface area contributed by atoms with Gasteiger partial charge in [0.1, 0.15) is 0 Å². The smallest absolute Gasteiger partial charge is 0.177 e. The van der Waals surface area contributed by atoms with E-state index in [2.05, 4.69) is 22.2 Å². The van der Waals surface area contributed by atoms with Gasteiger partial charge in [-0.05, 0) is 6.42 Å². The van der Waals surface area contributed by atoms with Gasteiger partial charge < -0.3 is 0 Å². The van der Waals surface area contributed by atoms with Crippen LogP contribution in [0, 0.1) is 0 Å². The van der Waals surface area contributed by atoms with Crippen LogP contribution in [-0.4, -0.2) is 19.8 Å². The third kappa shape index (κ3) is 0.960. The van der Waals surface area contributed by atoms with E-state index in [1.54, 1.807) is 16.9 Å². The molecule has 0 saturated heterocycles. The Morgan fingerprint density at radius 2 is 2.45 bits per heavy atom. The summed E-state index contributed by atoms with van der Waals surface area (Å²) in [5.41, 5.74) is 1.86. The summed E-state index contributed by atoms with van der Waals surface area (Å²) in [7, 11) is 0. The fourth-order valence-electron chi connectivity index (χ4n) is 0.976. The van der Waals surface area contributed by atoms with Gasteiger partial charge in [0, 0.05) is 6.07 Å². The van der Waals surface area contributed by atoms with Crippen molar-refractivity contribution < 1.29 is 0 Å². The van der Waals surface area contributed by atoms with E-state index in [9.17, 15) is 0 Å². The van der Waals surface area contributed by atoms with E-state index >= 15 is 0 Å². The van der Waals surface area contributed by atoms with Gasteiger partial charge in [0.15, 0.2) is 5.65 Å². The lowest BCUT2D eigenvalue weighted by atomic mass is 10.3. The highest BCUT2D eigenvalue weighted by atomic mass is 15.3. The zero-order valence-corrected chi connectivity index (χ0v) is 6.23. The average Bonchev–Trinajstić information content (AvgIpc) is 2.46. The molecule has 11 heavy (non-hydrogen) atoms. The van der Waals surface area contributed by atoms with E-state index in [4.69, 9.17) is 0 Å². The zero-order chi connectivity index (χ0) is 7.68. The van der Waals surface area contributed by atoms with Crippen molar-refractivity contribution in [1.82, 2.24) is 19.8 Å². The van der Waals surface area contributed by atoms with Crippen LogP contribution in [-0.2, 0) is 6.42 Å². The van der Waals surface area contributed by atoms with E-state index in [1.165, 1.54) is 0 Å². The molecule has 0 radical (unpaired) electrons. The highest BCUT2D eigenvalue weighted by molar-refractivity contribution is 5.36. The van der Waals surface area contributed by atoms with Crippen molar-refractivity contribution in [2.75, 3.05) is 0 Å². The molecule has 0 spiro atoms. The topological polar surface area (TPSA) is 43.1 Å². The molecule has 2 heterocycles. The summed E-state index contributed by atoms with van der Waals surface area (Å²) in [6.45, 7) is 2.06. The molecular weight excluding hydrogens is 140 g/mol. The van der Waals surface area contributed by atoms with Gasteiger partial charge in [-0.2, -0.15) is 10.2 Å². The molecule has 0 N–H and O–H groups in total. The van der Waals surface area contributed by atoms with Gasteiger partial charge >= 0.3 is 0 Å². The molecule has 56 valence electrons. The summed E-state index contributed by atoms with van der Waals surface area (Å²) < 4.78 is 1.73. The Bertz CT molecular complexity index is 332. The summed E-state index contributed by atoms with van der Waals surface area (Å²) in [4.78, 5) is 0. The SMILES string of the molecule is CCc1cc2nnccn2n1. The Morgan fingerprint density at radius 3 is 3.18 bits per heavy atom. The van der Waals surface area contributed by atoms with Crippen LogP contribution in [0.2, 0.25) is 0 Å². The molecule has 0 aliphatic heterocycles. The van der Waals surface area contributed by atoms with E-state index in [0.29, 0.717) is 0 Å². The minimum absolute atomic E-state index is 0.810. The summed E-state index contributed by atoms with van der Waals surface area (Å²) in [5.74, 6) is 0. The van der Waals surface area contributed by atoms with Gasteiger partial charge in [0.25, 0.3) is 0 Å². The van der Waals surface area contributed by atoms with Crippen molar-refractivity contribution in [2.45, 2.75) is 13.3 Å². The quantitative estimate of drug-likeness (QED) is 0.597. The first kappa shape index (κ1) is 6.27. The lowest BCUT2D eigenvalue weighted by Crippen LogP contribution is -1.90. The number of hydrogen-bond donors (Lipinski definition) is 0. The predicted molar refractivity (Wildman–Crippen MR) is 40.2 cm³/mol. The zero-order valence-electron chi connectivity index (χ0n) is 6.23. The van der Waals surface area contributed by atoms with Crippen molar-refractivity contribution in [3.8, 4) is 0 Å². The van der Waals surface area contributed by atoms with E-state index in [-0.39, 0.29) is 0 Å². The number of aromatic nitrogens is 4. The first-order chi connectivity index (χ1) is 5.40. The molecule has 4 nitrogen and oxygen atoms in total. The first-order valence-electron chi connectivity index (χ1n) is 3.56. The fourth-order valence-corrected chi connectivity index (χ4v) is 0.976. The minimum atomic E-state index is 0.810. The largest absolute Gasteiger partial charge is 0.219 e. The van der Waals surface area contributed by atoms with Crippen LogP contribution in [0.1, 0.15) is 12.6 Å². The number of fused-ring (bicyclic) bond motifs is 1. The molecule has 0 saturated carbocycles. The van der Waals surface area contributed by atoms with Crippen LogP contribution < -0.4 is 0 Å². The van der Waals surface area contributed by atoms with Crippen molar-refractivity contribution in [2.24, 2.45) is 0 Å². The van der Waals surface area contributed by atoms with Crippen molar-refractivity contribution in [1.29, 1.82) is 0 Å². The number of rotatable bonds is 1. The van der Waals surface area contributed by atoms with Gasteiger partial charge in [0.05, 0.1) is 18.1 Å². The molecule has 0 amide bonds. The van der Waals surface area contributed by atoms with E-state index in [0.717, 1.165) is 17.8 Å². The van der Waals surface area contributed by atoms with Gasteiger partial charge in [-0.25, -0.2) is 4.52 Å². The van der Waals surface area contributed by atoms with Crippen molar-refractivity contribution in [3.05, 3.63) is 24.2 Å². The van der Waals surface area contributed by atoms with E-state index < -0.39 is 0 Å². The second kappa shape index (κ2) is 2.30. The van der Waals surface area contributed by atoms with Crippen LogP contribution in [0.5, 0.6) is 0 Å². The van der Waals surface area contributed by atoms with Crippen molar-refractivity contribution in [3.63, 3.8) is 0 Å². The molecule has 2 rings (SSSR count). The van der Waals surface area contributed by atoms with Crippen LogP contribution in [0.4, 0.5) is 0 Å². The summed E-state index contributed by atoms with van der Waals surface area (Å²) >= 11 is 0. The van der Waals surface area contributed by atoms with Gasteiger partial charge in [-0.3, -0.25) is 0 Å². The van der Waals surface area contributed by atoms with Gasteiger partial charge in [0.2, 0.25) is 0 Å². The normalized spacial score (nSPS) is 10.6. The third-order valence-corrected chi connectivity index (χ3v) is 1.56. The van der Waals surface area contributed by atoms with Crippen LogP contribution in [0.25, 0.3) is 5.65 Å². The van der Waals surface area contributed by atoms with Crippen LogP contribution >= 0.6 is 0 Å². The maximum absolute atomic E-state index is 4.25. The Kier molecular flexibility index (Phi) is 1.31. The molecular formula is C7H8N4. The maximum atomic E-state index is 4.25. The lowest BCUT2D eigenvalue weighted by molar-refractivity contribution is 0.858. The van der Waals surface area contributed by atoms with Gasteiger partial charge in [-0.15, -0.1) is 5.10 Å². The second-order valence-corrected chi connectivity index (χ2v) is 2.31. The van der Waals surface area contributed by atoms with Crippen molar-refractivity contribution >= 4 is 5.65 Å². The molecule has 0 bridgehead atoms. The number of hydrogen-bond acceptors (Lipinski definition) is 3. The monoisotopic (exact) mass is 148 g/mol. The Balaban J connectivity index is 2.69. The fraction of sp³-hybridized carbons (Fsp3) is 0.286. The first-order valence-corrected chi connectivity index (χ1v) is 3.56. The number of aryl methyl sites for hydroxylation is 1. The molecule has 0 aliphatic carbocycles. The predicted octanol–water partition coefficient (Wildman–Crippen LogP) is 0.687. The highest BCUT2D eigenvalue weighted by Crippen LogP contribution is 2.01. The molecule has 4 heteroatoms. The Hall–Kier alpha value is -1.45. The van der Waals surface area contributed by atoms with Crippen LogP contribution in [0.3, 0.4) is 0 Å². The van der Waals surface area contributed by atoms with E-state index in [1.807, 2.05) is 6.07 Å². The molecule has 0 unspecified atom stereocenters. The summed E-state index contributed by atoms with van der Waals surface area (Å²) in [6, 6.07) is 1.94. The number of nitrogens with zero attached hydrogens (tertiary/aromatic N) is 4. The second-order valence-electron chi connectivity index (χ2n) is 2.31. The molecule has 0 aromatic carbocycles. The average molecular weight is 148 g/mol. The molecule has 2 aromatic rings. The summed E-state index contributed by atoms with van der Waals surface area (Å²) in [6.07, 6.45) is 4.35.